The van der Waals surface area contributed by atoms with Gasteiger partial charge in [-0.25, -0.2) is 9.37 Å². The fourth-order valence-electron chi connectivity index (χ4n) is 3.68. The van der Waals surface area contributed by atoms with Crippen LogP contribution in [0.1, 0.15) is 18.4 Å². The molecule has 2 amide bonds. The Bertz CT molecular complexity index is 1510. The van der Waals surface area contributed by atoms with Gasteiger partial charge < -0.3 is 16.0 Å². The molecular weight excluding hydrogens is 516 g/mol. The summed E-state index contributed by atoms with van der Waals surface area (Å²) < 4.78 is 53.2. The number of alkyl halides is 3. The Morgan fingerprint density at radius 3 is 2.38 bits per heavy atom. The van der Waals surface area contributed by atoms with Crippen LogP contribution in [0.15, 0.2) is 60.4 Å². The minimum Gasteiger partial charge on any atom is -0.318 e. The summed E-state index contributed by atoms with van der Waals surface area (Å²) in [5.74, 6) is -1.82. The van der Waals surface area contributed by atoms with Crippen LogP contribution in [0, 0.1) is 29.5 Å². The Labute approximate surface area is 220 Å². The molecule has 0 bridgehead atoms. The number of aryl methyl sites for hydroxylation is 1. The van der Waals surface area contributed by atoms with Crippen molar-refractivity contribution >= 4 is 35.2 Å². The van der Waals surface area contributed by atoms with Crippen LogP contribution >= 0.6 is 0 Å². The predicted molar refractivity (Wildman–Crippen MR) is 138 cm³/mol. The van der Waals surface area contributed by atoms with Crippen LogP contribution in [-0.4, -0.2) is 39.9 Å². The van der Waals surface area contributed by atoms with Gasteiger partial charge in [-0.15, -0.1) is 0 Å². The number of halogens is 4. The molecule has 1 fully saturated rings. The third kappa shape index (κ3) is 6.58. The van der Waals surface area contributed by atoms with Gasteiger partial charge in [-0.3, -0.25) is 20.0 Å². The number of benzene rings is 1. The molecule has 12 heteroatoms. The van der Waals surface area contributed by atoms with Crippen molar-refractivity contribution in [2.75, 3.05) is 10.6 Å². The van der Waals surface area contributed by atoms with Gasteiger partial charge in [0.15, 0.2) is 0 Å². The second-order valence-corrected chi connectivity index (χ2v) is 8.88. The zero-order valence-corrected chi connectivity index (χ0v) is 20.5. The first-order valence-corrected chi connectivity index (χ1v) is 11.7. The van der Waals surface area contributed by atoms with Gasteiger partial charge in [-0.1, -0.05) is 0 Å². The number of aromatic nitrogens is 2. The second-order valence-electron chi connectivity index (χ2n) is 8.88. The zero-order valence-electron chi connectivity index (χ0n) is 20.5. The van der Waals surface area contributed by atoms with Gasteiger partial charge in [0.1, 0.15) is 17.3 Å². The molecule has 2 heterocycles. The van der Waals surface area contributed by atoms with E-state index in [1.165, 1.54) is 18.5 Å². The molecule has 1 aliphatic rings. The number of pyridine rings is 2. The molecule has 3 aromatic rings. The van der Waals surface area contributed by atoms with Gasteiger partial charge >= 0.3 is 6.18 Å². The lowest BCUT2D eigenvalue weighted by Gasteiger charge is -2.13. The Morgan fingerprint density at radius 2 is 1.72 bits per heavy atom. The molecule has 0 atom stereocenters. The minimum absolute atomic E-state index is 0.00972. The van der Waals surface area contributed by atoms with Crippen molar-refractivity contribution in [3.8, 4) is 22.4 Å². The monoisotopic (exact) mass is 538 g/mol. The van der Waals surface area contributed by atoms with Gasteiger partial charge in [-0.05, 0) is 78.9 Å². The number of carbonyl (C=O) groups excluding carboxylic acids is 2. The molecule has 1 aliphatic carbocycles. The average Bonchev–Trinajstić information content (AvgIpc) is 3.74. The number of amides is 2. The first-order chi connectivity index (χ1) is 18.5. The highest BCUT2D eigenvalue weighted by Crippen LogP contribution is 2.33. The van der Waals surface area contributed by atoms with E-state index >= 15 is 0 Å². The Morgan fingerprint density at radius 1 is 1.03 bits per heavy atom. The molecule has 4 N–H and O–H groups in total. The smallest absolute Gasteiger partial charge is 0.318 e. The SMILES string of the molecule is Cc1cc(F)c(NC(=O)C(=N)/C=C(\C=N)C(F)(F)F)cc1-c1ccnc(-c2ccnc(NC(=O)C3CC3)c2)c1. The summed E-state index contributed by atoms with van der Waals surface area (Å²) in [5, 5.41) is 19.4. The number of anilines is 2. The summed E-state index contributed by atoms with van der Waals surface area (Å²) in [7, 11) is 0. The van der Waals surface area contributed by atoms with Crippen molar-refractivity contribution in [3.05, 3.63) is 71.8 Å². The Kier molecular flexibility index (Phi) is 7.65. The third-order valence-electron chi connectivity index (χ3n) is 5.92. The fraction of sp³-hybridized carbons (Fsp3) is 0.185. The molecular formula is C27H22F4N6O2. The molecule has 39 heavy (non-hydrogen) atoms. The molecule has 2 aromatic heterocycles. The first-order valence-electron chi connectivity index (χ1n) is 11.7. The lowest BCUT2D eigenvalue weighted by Crippen LogP contribution is -2.23. The van der Waals surface area contributed by atoms with Crippen LogP contribution in [0.25, 0.3) is 22.4 Å². The average molecular weight is 539 g/mol. The molecule has 4 rings (SSSR count). The molecule has 8 nitrogen and oxygen atoms in total. The summed E-state index contributed by atoms with van der Waals surface area (Å²) in [6, 6.07) is 9.24. The van der Waals surface area contributed by atoms with E-state index in [1.54, 1.807) is 31.2 Å². The molecule has 200 valence electrons. The molecule has 0 unspecified atom stereocenters. The first kappa shape index (κ1) is 27.3. The van der Waals surface area contributed by atoms with Crippen LogP contribution in [0.4, 0.5) is 29.1 Å². The van der Waals surface area contributed by atoms with Gasteiger partial charge in [0.05, 0.1) is 17.0 Å². The summed E-state index contributed by atoms with van der Waals surface area (Å²) >= 11 is 0. The zero-order chi connectivity index (χ0) is 28.3. The number of nitrogens with one attached hydrogen (secondary N) is 4. The van der Waals surface area contributed by atoms with E-state index in [0.29, 0.717) is 33.8 Å². The largest absolute Gasteiger partial charge is 0.417 e. The van der Waals surface area contributed by atoms with Crippen LogP contribution in [-0.2, 0) is 9.59 Å². The van der Waals surface area contributed by atoms with E-state index in [4.69, 9.17) is 10.8 Å². The topological polar surface area (TPSA) is 132 Å². The molecule has 0 saturated heterocycles. The van der Waals surface area contributed by atoms with E-state index in [9.17, 15) is 27.2 Å². The third-order valence-corrected chi connectivity index (χ3v) is 5.92. The lowest BCUT2D eigenvalue weighted by atomic mass is 9.98. The number of allylic oxidation sites excluding steroid dienone is 1. The van der Waals surface area contributed by atoms with Crippen molar-refractivity contribution in [2.24, 2.45) is 5.92 Å². The maximum Gasteiger partial charge on any atom is 0.417 e. The van der Waals surface area contributed by atoms with Crippen LogP contribution in [0.5, 0.6) is 0 Å². The highest BCUT2D eigenvalue weighted by Gasteiger charge is 2.33. The molecule has 1 aromatic carbocycles. The summed E-state index contributed by atoms with van der Waals surface area (Å²) in [5.41, 5.74) is -0.120. The van der Waals surface area contributed by atoms with E-state index < -0.39 is 29.2 Å². The van der Waals surface area contributed by atoms with Gasteiger partial charge in [0.25, 0.3) is 5.91 Å². The number of carbonyl (C=O) groups is 2. The standard InChI is InChI=1S/C27H22F4N6O2/c1-14-8-20(28)23(36-26(39)21(33)11-18(13-32)27(29,30)31)12-19(14)16-4-6-34-22(9-16)17-5-7-35-24(10-17)37-25(38)15-2-3-15/h4-13,15,32-33H,2-3H2,1H3,(H,36,39)(H,35,37,38)/b18-11+,32-13?,33-21?. The Balaban J connectivity index is 1.60. The maximum absolute atomic E-state index is 14.7. The summed E-state index contributed by atoms with van der Waals surface area (Å²) in [6.07, 6.45) is 0.0323. The summed E-state index contributed by atoms with van der Waals surface area (Å²) in [6.45, 7) is 1.65. The van der Waals surface area contributed by atoms with Gasteiger partial charge in [0, 0.05) is 30.1 Å². The number of hydrogen-bond acceptors (Lipinski definition) is 6. The van der Waals surface area contributed by atoms with E-state index in [-0.39, 0.29) is 29.8 Å². The summed E-state index contributed by atoms with van der Waals surface area (Å²) in [4.78, 5) is 33.0. The van der Waals surface area contributed by atoms with Crippen molar-refractivity contribution in [1.82, 2.24) is 9.97 Å². The highest BCUT2D eigenvalue weighted by molar-refractivity contribution is 6.46. The fourth-order valence-corrected chi connectivity index (χ4v) is 3.68. The predicted octanol–water partition coefficient (Wildman–Crippen LogP) is 5.70. The molecule has 0 spiro atoms. The van der Waals surface area contributed by atoms with Gasteiger partial charge in [-0.2, -0.15) is 13.2 Å². The number of nitrogens with zero attached hydrogens (tertiary/aromatic N) is 2. The van der Waals surface area contributed by atoms with E-state index in [1.807, 2.05) is 0 Å². The van der Waals surface area contributed by atoms with E-state index in [0.717, 1.165) is 18.9 Å². The van der Waals surface area contributed by atoms with Gasteiger partial charge in [0.2, 0.25) is 5.91 Å². The van der Waals surface area contributed by atoms with Crippen molar-refractivity contribution in [3.63, 3.8) is 0 Å². The van der Waals surface area contributed by atoms with Crippen molar-refractivity contribution < 1.29 is 27.2 Å². The molecule has 1 saturated carbocycles. The molecule has 0 aliphatic heterocycles. The number of hydrogen-bond donors (Lipinski definition) is 4. The lowest BCUT2D eigenvalue weighted by molar-refractivity contribution is -0.117. The Hall–Kier alpha value is -4.74. The van der Waals surface area contributed by atoms with Crippen molar-refractivity contribution in [1.29, 1.82) is 10.8 Å². The second kappa shape index (κ2) is 10.9. The van der Waals surface area contributed by atoms with Crippen LogP contribution in [0.3, 0.4) is 0 Å². The quantitative estimate of drug-likeness (QED) is 0.216. The maximum atomic E-state index is 14.7. The van der Waals surface area contributed by atoms with Crippen LogP contribution < -0.4 is 10.6 Å². The number of rotatable bonds is 8. The normalized spacial score (nSPS) is 13.5. The minimum atomic E-state index is -4.92. The highest BCUT2D eigenvalue weighted by atomic mass is 19.4. The van der Waals surface area contributed by atoms with Crippen LogP contribution in [0.2, 0.25) is 0 Å². The van der Waals surface area contributed by atoms with E-state index in [2.05, 4.69) is 20.6 Å². The molecule has 0 radical (unpaired) electrons. The van der Waals surface area contributed by atoms with Crippen molar-refractivity contribution in [2.45, 2.75) is 25.9 Å².